The van der Waals surface area contributed by atoms with E-state index in [-0.39, 0.29) is 11.9 Å². The molecule has 3 aromatic rings. The average molecular weight is 493 g/mol. The minimum Gasteiger partial charge on any atom is -0.496 e. The number of halogens is 1. The quantitative estimate of drug-likeness (QED) is 0.341. The van der Waals surface area contributed by atoms with Gasteiger partial charge >= 0.3 is 0 Å². The maximum Gasteiger partial charge on any atom is 0.255 e. The Balaban J connectivity index is 1.27. The topological polar surface area (TPSA) is 70.8 Å². The van der Waals surface area contributed by atoms with E-state index in [9.17, 15) is 4.79 Å². The van der Waals surface area contributed by atoms with Crippen LogP contribution in [0.2, 0.25) is 5.02 Å². The average Bonchev–Trinajstić information content (AvgIpc) is 2.90. The summed E-state index contributed by atoms with van der Waals surface area (Å²) in [7, 11) is 1.51. The first-order chi connectivity index (χ1) is 17.1. The third-order valence-corrected chi connectivity index (χ3v) is 6.83. The zero-order valence-corrected chi connectivity index (χ0v) is 20.9. The highest BCUT2D eigenvalue weighted by Gasteiger charge is 2.26. The number of benzene rings is 3. The van der Waals surface area contributed by atoms with Crippen LogP contribution in [0.15, 0.2) is 72.8 Å². The van der Waals surface area contributed by atoms with Gasteiger partial charge in [-0.15, -0.1) is 0 Å². The van der Waals surface area contributed by atoms with Crippen LogP contribution in [0.3, 0.4) is 0 Å². The number of methoxy groups -OCH3 is 1. The third-order valence-electron chi connectivity index (χ3n) is 6.50. The molecule has 0 aliphatic carbocycles. The molecule has 7 heteroatoms. The molecule has 3 N–H and O–H groups in total. The molecule has 4 rings (SSSR count). The predicted molar refractivity (Wildman–Crippen MR) is 142 cm³/mol. The molecule has 0 aromatic heterocycles. The first-order valence-corrected chi connectivity index (χ1v) is 12.4. The van der Waals surface area contributed by atoms with Crippen molar-refractivity contribution in [3.05, 3.63) is 94.5 Å². The van der Waals surface area contributed by atoms with Gasteiger partial charge in [0.1, 0.15) is 5.75 Å². The van der Waals surface area contributed by atoms with Gasteiger partial charge in [0, 0.05) is 38.8 Å². The number of nitrogens with zero attached hydrogens (tertiary/aromatic N) is 2. The van der Waals surface area contributed by atoms with E-state index in [0.29, 0.717) is 28.6 Å². The van der Waals surface area contributed by atoms with E-state index in [4.69, 9.17) is 22.1 Å². The Morgan fingerprint density at radius 3 is 2.17 bits per heavy atom. The van der Waals surface area contributed by atoms with Gasteiger partial charge in [-0.3, -0.25) is 9.69 Å². The van der Waals surface area contributed by atoms with E-state index >= 15 is 0 Å². The fourth-order valence-electron chi connectivity index (χ4n) is 4.65. The molecule has 1 amide bonds. The van der Waals surface area contributed by atoms with Gasteiger partial charge in [-0.25, -0.2) is 0 Å². The summed E-state index contributed by atoms with van der Waals surface area (Å²) in [6, 6.07) is 24.9. The molecule has 1 fully saturated rings. The third kappa shape index (κ3) is 6.34. The number of piperazine rings is 1. The number of ether oxygens (including phenoxy) is 1. The highest BCUT2D eigenvalue weighted by molar-refractivity contribution is 6.33. The summed E-state index contributed by atoms with van der Waals surface area (Å²) in [4.78, 5) is 17.7. The molecule has 1 aliphatic rings. The van der Waals surface area contributed by atoms with E-state index in [1.165, 1.54) is 18.2 Å². The molecule has 1 saturated heterocycles. The number of carbonyl (C=O) groups is 1. The van der Waals surface area contributed by atoms with Crippen molar-refractivity contribution in [2.45, 2.75) is 12.5 Å². The van der Waals surface area contributed by atoms with Gasteiger partial charge in [-0.2, -0.15) is 0 Å². The molecule has 1 aliphatic heterocycles. The molecule has 184 valence electrons. The van der Waals surface area contributed by atoms with E-state index in [1.807, 2.05) is 0 Å². The van der Waals surface area contributed by atoms with Gasteiger partial charge in [-0.05, 0) is 30.2 Å². The van der Waals surface area contributed by atoms with Crippen molar-refractivity contribution in [2.24, 2.45) is 0 Å². The Morgan fingerprint density at radius 2 is 1.60 bits per heavy atom. The van der Waals surface area contributed by atoms with E-state index in [2.05, 4.69) is 75.8 Å². The number of amides is 1. The number of rotatable bonds is 9. The summed E-state index contributed by atoms with van der Waals surface area (Å²) in [5.74, 6) is 0.217. The number of hydrogen-bond acceptors (Lipinski definition) is 5. The lowest BCUT2D eigenvalue weighted by molar-refractivity contribution is 0.0938. The Hall–Kier alpha value is -3.06. The number of carbonyl (C=O) groups excluding carboxylic acids is 1. The Labute approximate surface area is 212 Å². The molecule has 0 unspecified atom stereocenters. The second-order valence-electron chi connectivity index (χ2n) is 8.78. The molecule has 0 saturated carbocycles. The highest BCUT2D eigenvalue weighted by Crippen LogP contribution is 2.30. The van der Waals surface area contributed by atoms with Crippen LogP contribution in [0, 0.1) is 0 Å². The number of nitrogens with one attached hydrogen (secondary N) is 1. The van der Waals surface area contributed by atoms with Gasteiger partial charge < -0.3 is 20.7 Å². The predicted octanol–water partition coefficient (Wildman–Crippen LogP) is 4.46. The molecular formula is C28H33ClN4O2. The number of hydrogen-bond donors (Lipinski definition) is 2. The molecule has 0 radical (unpaired) electrons. The molecule has 3 aromatic carbocycles. The SMILES string of the molecule is COc1cc(N)c(Cl)cc1C(=O)NCCCN1CCN(C(c2ccccc2)c2ccccc2)CC1. The molecule has 35 heavy (non-hydrogen) atoms. The Kier molecular flexibility index (Phi) is 8.64. The smallest absolute Gasteiger partial charge is 0.255 e. The maximum absolute atomic E-state index is 12.6. The minimum absolute atomic E-state index is 0.206. The van der Waals surface area contributed by atoms with E-state index in [0.717, 1.165) is 39.1 Å². The van der Waals surface area contributed by atoms with Crippen LogP contribution in [0.25, 0.3) is 0 Å². The monoisotopic (exact) mass is 492 g/mol. The van der Waals surface area contributed by atoms with Gasteiger partial charge in [-0.1, -0.05) is 72.3 Å². The van der Waals surface area contributed by atoms with Crippen LogP contribution in [0.4, 0.5) is 5.69 Å². The fourth-order valence-corrected chi connectivity index (χ4v) is 4.81. The van der Waals surface area contributed by atoms with Gasteiger partial charge in [0.05, 0.1) is 29.4 Å². The first kappa shape index (κ1) is 25.0. The van der Waals surface area contributed by atoms with Gasteiger partial charge in [0.25, 0.3) is 5.91 Å². The number of nitrogen functional groups attached to an aromatic ring is 1. The number of anilines is 1. The first-order valence-electron chi connectivity index (χ1n) is 12.0. The van der Waals surface area contributed by atoms with Crippen LogP contribution in [0.1, 0.15) is 33.9 Å². The molecule has 1 heterocycles. The van der Waals surface area contributed by atoms with Crippen molar-refractivity contribution >= 4 is 23.2 Å². The Morgan fingerprint density at radius 1 is 1.00 bits per heavy atom. The normalized spacial score (nSPS) is 14.7. The van der Waals surface area contributed by atoms with Crippen molar-refractivity contribution in [3.8, 4) is 5.75 Å². The molecule has 6 nitrogen and oxygen atoms in total. The van der Waals surface area contributed by atoms with Crippen molar-refractivity contribution in [1.29, 1.82) is 0 Å². The highest BCUT2D eigenvalue weighted by atomic mass is 35.5. The van der Waals surface area contributed by atoms with Crippen molar-refractivity contribution in [1.82, 2.24) is 15.1 Å². The lowest BCUT2D eigenvalue weighted by Crippen LogP contribution is -2.48. The Bertz CT molecular complexity index is 1060. The zero-order valence-electron chi connectivity index (χ0n) is 20.1. The van der Waals surface area contributed by atoms with Crippen molar-refractivity contribution < 1.29 is 9.53 Å². The molecule has 0 bridgehead atoms. The zero-order chi connectivity index (χ0) is 24.6. The van der Waals surface area contributed by atoms with Crippen LogP contribution in [-0.2, 0) is 0 Å². The molecule has 0 atom stereocenters. The summed E-state index contributed by atoms with van der Waals surface area (Å²) in [6.45, 7) is 5.54. The maximum atomic E-state index is 12.6. The second kappa shape index (κ2) is 12.1. The van der Waals surface area contributed by atoms with E-state index < -0.39 is 0 Å². The molecular weight excluding hydrogens is 460 g/mol. The largest absolute Gasteiger partial charge is 0.496 e. The lowest BCUT2D eigenvalue weighted by Gasteiger charge is -2.39. The fraction of sp³-hybridized carbons (Fsp3) is 0.321. The second-order valence-corrected chi connectivity index (χ2v) is 9.19. The molecule has 0 spiro atoms. The van der Waals surface area contributed by atoms with Gasteiger partial charge in [0.2, 0.25) is 0 Å². The summed E-state index contributed by atoms with van der Waals surface area (Å²) < 4.78 is 5.28. The van der Waals surface area contributed by atoms with E-state index in [1.54, 1.807) is 12.1 Å². The van der Waals surface area contributed by atoms with Crippen LogP contribution in [0.5, 0.6) is 5.75 Å². The summed E-state index contributed by atoms with van der Waals surface area (Å²) in [6.07, 6.45) is 0.873. The summed E-state index contributed by atoms with van der Waals surface area (Å²) in [5, 5.41) is 3.32. The summed E-state index contributed by atoms with van der Waals surface area (Å²) in [5.41, 5.74) is 9.25. The van der Waals surface area contributed by atoms with Crippen molar-refractivity contribution in [3.63, 3.8) is 0 Å². The minimum atomic E-state index is -0.206. The van der Waals surface area contributed by atoms with Crippen LogP contribution < -0.4 is 15.8 Å². The lowest BCUT2D eigenvalue weighted by atomic mass is 9.96. The van der Waals surface area contributed by atoms with Crippen LogP contribution >= 0.6 is 11.6 Å². The summed E-state index contributed by atoms with van der Waals surface area (Å²) >= 11 is 6.09. The number of nitrogens with two attached hydrogens (primary N) is 1. The van der Waals surface area contributed by atoms with Crippen LogP contribution in [-0.4, -0.2) is 62.1 Å². The van der Waals surface area contributed by atoms with Gasteiger partial charge in [0.15, 0.2) is 0 Å². The standard InChI is InChI=1S/C28H33ClN4O2/c1-35-26-20-25(30)24(29)19-23(26)28(34)31-13-8-14-32-15-17-33(18-16-32)27(21-9-4-2-5-10-21)22-11-6-3-7-12-22/h2-7,9-12,19-20,27H,8,13-18,30H2,1H3,(H,31,34). The van der Waals surface area contributed by atoms with Crippen molar-refractivity contribution in [2.75, 3.05) is 52.1 Å².